The molecule has 0 bridgehead atoms. The first kappa shape index (κ1) is 12.7. The Bertz CT molecular complexity index is 477. The number of rotatable bonds is 3. The highest BCUT2D eigenvalue weighted by molar-refractivity contribution is 5.86. The lowest BCUT2D eigenvalue weighted by Gasteiger charge is -2.34. The van der Waals surface area contributed by atoms with Gasteiger partial charge in [0.1, 0.15) is 0 Å². The standard InChI is InChI=1S/C16H22N2O/c17-16(8-4-1-5-9-16)15(19)18-11-13-10-12-6-2-3-7-14(12)13/h2-3,6-7,13H,1,4-5,8-11,17H2,(H,18,19). The van der Waals surface area contributed by atoms with Gasteiger partial charge in [-0.1, -0.05) is 43.5 Å². The zero-order valence-corrected chi connectivity index (χ0v) is 11.3. The Morgan fingerprint density at radius 1 is 1.26 bits per heavy atom. The summed E-state index contributed by atoms with van der Waals surface area (Å²) in [7, 11) is 0. The molecule has 0 spiro atoms. The van der Waals surface area contributed by atoms with Gasteiger partial charge in [0.2, 0.25) is 5.91 Å². The number of hydrogen-bond donors (Lipinski definition) is 2. The normalized spacial score (nSPS) is 24.2. The van der Waals surface area contributed by atoms with Crippen LogP contribution in [0, 0.1) is 0 Å². The van der Waals surface area contributed by atoms with E-state index in [4.69, 9.17) is 5.73 Å². The minimum Gasteiger partial charge on any atom is -0.354 e. The summed E-state index contributed by atoms with van der Waals surface area (Å²) < 4.78 is 0. The van der Waals surface area contributed by atoms with E-state index in [0.717, 1.165) is 38.6 Å². The molecule has 0 radical (unpaired) electrons. The van der Waals surface area contributed by atoms with Crippen LogP contribution in [-0.4, -0.2) is 18.0 Å². The number of carbonyl (C=O) groups excluding carboxylic acids is 1. The van der Waals surface area contributed by atoms with E-state index >= 15 is 0 Å². The average molecular weight is 258 g/mol. The predicted octanol–water partition coefficient (Wildman–Crippen LogP) is 2.10. The number of carbonyl (C=O) groups is 1. The molecule has 1 fully saturated rings. The Hall–Kier alpha value is -1.35. The molecule has 102 valence electrons. The molecule has 2 aliphatic carbocycles. The zero-order valence-electron chi connectivity index (χ0n) is 11.3. The molecule has 0 saturated heterocycles. The van der Waals surface area contributed by atoms with E-state index in [0.29, 0.717) is 5.92 Å². The van der Waals surface area contributed by atoms with Crippen molar-refractivity contribution >= 4 is 5.91 Å². The molecule has 19 heavy (non-hydrogen) atoms. The van der Waals surface area contributed by atoms with Crippen LogP contribution >= 0.6 is 0 Å². The van der Waals surface area contributed by atoms with Gasteiger partial charge in [-0.15, -0.1) is 0 Å². The van der Waals surface area contributed by atoms with Gasteiger partial charge in [0.05, 0.1) is 5.54 Å². The largest absolute Gasteiger partial charge is 0.354 e. The van der Waals surface area contributed by atoms with Crippen LogP contribution < -0.4 is 11.1 Å². The molecule has 2 aliphatic rings. The van der Waals surface area contributed by atoms with Crippen LogP contribution in [0.1, 0.15) is 49.1 Å². The van der Waals surface area contributed by atoms with Crippen LogP contribution in [0.25, 0.3) is 0 Å². The molecule has 1 aromatic rings. The highest BCUT2D eigenvalue weighted by atomic mass is 16.2. The predicted molar refractivity (Wildman–Crippen MR) is 75.9 cm³/mol. The van der Waals surface area contributed by atoms with Gasteiger partial charge in [0.25, 0.3) is 0 Å². The smallest absolute Gasteiger partial charge is 0.240 e. The summed E-state index contributed by atoms with van der Waals surface area (Å²) in [6.07, 6.45) is 6.11. The van der Waals surface area contributed by atoms with Crippen molar-refractivity contribution in [3.05, 3.63) is 35.4 Å². The number of benzene rings is 1. The zero-order chi connectivity index (χ0) is 13.3. The first-order valence-electron chi connectivity index (χ1n) is 7.34. The Kier molecular flexibility index (Phi) is 3.31. The van der Waals surface area contributed by atoms with Crippen LogP contribution in [0.5, 0.6) is 0 Å². The van der Waals surface area contributed by atoms with Gasteiger partial charge in [-0.05, 0) is 30.4 Å². The van der Waals surface area contributed by atoms with E-state index in [1.165, 1.54) is 17.5 Å². The van der Waals surface area contributed by atoms with E-state index in [-0.39, 0.29) is 5.91 Å². The summed E-state index contributed by atoms with van der Waals surface area (Å²) in [6, 6.07) is 8.47. The Morgan fingerprint density at radius 2 is 2.00 bits per heavy atom. The van der Waals surface area contributed by atoms with Crippen LogP contribution in [0.3, 0.4) is 0 Å². The van der Waals surface area contributed by atoms with E-state index in [1.807, 2.05) is 0 Å². The van der Waals surface area contributed by atoms with Gasteiger partial charge < -0.3 is 11.1 Å². The van der Waals surface area contributed by atoms with Gasteiger partial charge in [0, 0.05) is 12.5 Å². The molecule has 1 amide bonds. The molecule has 3 rings (SSSR count). The maximum atomic E-state index is 12.2. The van der Waals surface area contributed by atoms with Crippen molar-refractivity contribution in [2.45, 2.75) is 50.0 Å². The van der Waals surface area contributed by atoms with Gasteiger partial charge >= 0.3 is 0 Å². The van der Waals surface area contributed by atoms with Crippen LogP contribution in [0.4, 0.5) is 0 Å². The third-order valence-corrected chi connectivity index (χ3v) is 4.67. The lowest BCUT2D eigenvalue weighted by atomic mass is 9.77. The van der Waals surface area contributed by atoms with Gasteiger partial charge in [-0.25, -0.2) is 0 Å². The third-order valence-electron chi connectivity index (χ3n) is 4.67. The van der Waals surface area contributed by atoms with Gasteiger partial charge in [-0.3, -0.25) is 4.79 Å². The van der Waals surface area contributed by atoms with Gasteiger partial charge in [0.15, 0.2) is 0 Å². The second-order valence-electron chi connectivity index (χ2n) is 6.03. The number of nitrogens with one attached hydrogen (secondary N) is 1. The number of amides is 1. The third kappa shape index (κ3) is 2.39. The molecule has 0 aromatic heterocycles. The molecule has 3 N–H and O–H groups in total. The summed E-state index contributed by atoms with van der Waals surface area (Å²) in [5, 5.41) is 3.07. The number of hydrogen-bond acceptors (Lipinski definition) is 2. The molecule has 0 heterocycles. The maximum Gasteiger partial charge on any atom is 0.240 e. The Labute approximate surface area is 114 Å². The fraction of sp³-hybridized carbons (Fsp3) is 0.562. The Balaban J connectivity index is 1.55. The summed E-state index contributed by atoms with van der Waals surface area (Å²) in [5.74, 6) is 0.531. The fourth-order valence-corrected chi connectivity index (χ4v) is 3.35. The van der Waals surface area contributed by atoms with Crippen molar-refractivity contribution in [1.29, 1.82) is 0 Å². The Morgan fingerprint density at radius 3 is 2.74 bits per heavy atom. The lowest BCUT2D eigenvalue weighted by molar-refractivity contribution is -0.127. The first-order valence-corrected chi connectivity index (χ1v) is 7.34. The molecular weight excluding hydrogens is 236 g/mol. The van der Waals surface area contributed by atoms with Gasteiger partial charge in [-0.2, -0.15) is 0 Å². The van der Waals surface area contributed by atoms with Crippen molar-refractivity contribution in [3.63, 3.8) is 0 Å². The minimum absolute atomic E-state index is 0.0524. The molecule has 1 saturated carbocycles. The van der Waals surface area contributed by atoms with Crippen molar-refractivity contribution < 1.29 is 4.79 Å². The second kappa shape index (κ2) is 4.97. The summed E-state index contributed by atoms with van der Waals surface area (Å²) in [5.41, 5.74) is 8.43. The highest BCUT2D eigenvalue weighted by Gasteiger charge is 2.36. The van der Waals surface area contributed by atoms with Crippen LogP contribution in [0.15, 0.2) is 24.3 Å². The van der Waals surface area contributed by atoms with Crippen molar-refractivity contribution in [1.82, 2.24) is 5.32 Å². The lowest BCUT2D eigenvalue weighted by Crippen LogP contribution is -2.55. The molecule has 3 nitrogen and oxygen atoms in total. The first-order chi connectivity index (χ1) is 9.19. The molecule has 1 unspecified atom stereocenters. The van der Waals surface area contributed by atoms with E-state index in [1.54, 1.807) is 0 Å². The SMILES string of the molecule is NC1(C(=O)NCC2Cc3ccccc32)CCCCC1. The van der Waals surface area contributed by atoms with E-state index < -0.39 is 5.54 Å². The van der Waals surface area contributed by atoms with Crippen molar-refractivity contribution in [3.8, 4) is 0 Å². The summed E-state index contributed by atoms with van der Waals surface area (Å²) >= 11 is 0. The molecular formula is C16H22N2O. The quantitative estimate of drug-likeness (QED) is 0.872. The fourth-order valence-electron chi connectivity index (χ4n) is 3.35. The minimum atomic E-state index is -0.610. The number of nitrogens with two attached hydrogens (primary N) is 1. The topological polar surface area (TPSA) is 55.1 Å². The highest BCUT2D eigenvalue weighted by Crippen LogP contribution is 2.34. The maximum absolute atomic E-state index is 12.2. The monoisotopic (exact) mass is 258 g/mol. The van der Waals surface area contributed by atoms with Crippen molar-refractivity contribution in [2.24, 2.45) is 5.73 Å². The van der Waals surface area contributed by atoms with Crippen LogP contribution in [0.2, 0.25) is 0 Å². The van der Waals surface area contributed by atoms with E-state index in [9.17, 15) is 4.79 Å². The average Bonchev–Trinajstić information content (AvgIpc) is 2.40. The molecule has 1 aromatic carbocycles. The molecule has 0 aliphatic heterocycles. The summed E-state index contributed by atoms with van der Waals surface area (Å²) in [6.45, 7) is 0.731. The molecule has 1 atom stereocenters. The van der Waals surface area contributed by atoms with Crippen LogP contribution in [-0.2, 0) is 11.2 Å². The van der Waals surface area contributed by atoms with Crippen molar-refractivity contribution in [2.75, 3.05) is 6.54 Å². The number of fused-ring (bicyclic) bond motifs is 1. The van der Waals surface area contributed by atoms with E-state index in [2.05, 4.69) is 29.6 Å². The molecule has 3 heteroatoms. The second-order valence-corrected chi connectivity index (χ2v) is 6.03. The summed E-state index contributed by atoms with van der Waals surface area (Å²) in [4.78, 5) is 12.2.